The van der Waals surface area contributed by atoms with Gasteiger partial charge in [0, 0.05) is 26.2 Å². The van der Waals surface area contributed by atoms with E-state index >= 15 is 0 Å². The summed E-state index contributed by atoms with van der Waals surface area (Å²) in [4.78, 5) is 25.8. The van der Waals surface area contributed by atoms with Crippen LogP contribution < -0.4 is 5.43 Å². The average Bonchev–Trinajstić information content (AvgIpc) is 3.02. The van der Waals surface area contributed by atoms with Gasteiger partial charge in [0.25, 0.3) is 0 Å². The Labute approximate surface area is 278 Å². The number of nitrogens with zero attached hydrogens (tertiary/aromatic N) is 2. The van der Waals surface area contributed by atoms with Crippen molar-refractivity contribution in [2.24, 2.45) is 0 Å². The zero-order valence-electron chi connectivity index (χ0n) is 30.1. The Morgan fingerprint density at radius 1 is 0.533 bits per heavy atom. The maximum absolute atomic E-state index is 11.8. The molecule has 0 fully saturated rings. The van der Waals surface area contributed by atoms with Gasteiger partial charge >= 0.3 is 11.9 Å². The molecular formula is C38H73N3O4. The topological polar surface area (TPSA) is 71.1 Å². The number of carbonyl (C=O) groups is 2. The second-order valence-electron chi connectivity index (χ2n) is 12.7. The van der Waals surface area contributed by atoms with Gasteiger partial charge in [-0.2, -0.15) is 0 Å². The van der Waals surface area contributed by atoms with E-state index in [1.807, 2.05) is 12.2 Å². The minimum atomic E-state index is -0.0988. The number of rotatable bonds is 34. The molecule has 0 atom stereocenters. The molecule has 0 rings (SSSR count). The van der Waals surface area contributed by atoms with Crippen molar-refractivity contribution in [3.63, 3.8) is 0 Å². The number of hydrazine groups is 1. The number of hydrogen-bond donors (Lipinski definition) is 1. The molecule has 0 heterocycles. The third kappa shape index (κ3) is 35.0. The number of esters is 2. The molecule has 264 valence electrons. The normalized spacial score (nSPS) is 11.9. The minimum absolute atomic E-state index is 0.0984. The largest absolute Gasteiger partial charge is 0.465 e. The van der Waals surface area contributed by atoms with Gasteiger partial charge in [0.05, 0.1) is 26.1 Å². The highest BCUT2D eigenvalue weighted by Crippen LogP contribution is 2.09. The lowest BCUT2D eigenvalue weighted by atomic mass is 10.1. The van der Waals surface area contributed by atoms with Crippen molar-refractivity contribution < 1.29 is 19.1 Å². The van der Waals surface area contributed by atoms with Gasteiger partial charge in [0.2, 0.25) is 0 Å². The van der Waals surface area contributed by atoms with Crippen molar-refractivity contribution in [2.75, 3.05) is 53.5 Å². The van der Waals surface area contributed by atoms with Crippen LogP contribution in [-0.2, 0) is 19.1 Å². The second-order valence-corrected chi connectivity index (χ2v) is 12.7. The molecule has 0 unspecified atom stereocenters. The fourth-order valence-electron chi connectivity index (χ4n) is 4.98. The van der Waals surface area contributed by atoms with Crippen LogP contribution in [0.1, 0.15) is 155 Å². The predicted octanol–water partition coefficient (Wildman–Crippen LogP) is 9.18. The molecule has 0 aliphatic heterocycles. The summed E-state index contributed by atoms with van der Waals surface area (Å²) in [7, 11) is 4.27. The number of unbranched alkanes of at least 4 members (excludes halogenated alkanes) is 16. The van der Waals surface area contributed by atoms with Gasteiger partial charge in [-0.25, -0.2) is 5.01 Å². The molecule has 0 spiro atoms. The van der Waals surface area contributed by atoms with Crippen molar-refractivity contribution in [3.8, 4) is 0 Å². The van der Waals surface area contributed by atoms with E-state index in [0.717, 1.165) is 64.7 Å². The summed E-state index contributed by atoms with van der Waals surface area (Å²) in [6.45, 7) is 9.73. The molecule has 0 aliphatic carbocycles. The van der Waals surface area contributed by atoms with Crippen LogP contribution in [0.3, 0.4) is 0 Å². The Morgan fingerprint density at radius 2 is 1.00 bits per heavy atom. The molecule has 0 aromatic carbocycles. The van der Waals surface area contributed by atoms with Crippen LogP contribution in [0.4, 0.5) is 0 Å². The van der Waals surface area contributed by atoms with E-state index in [2.05, 4.69) is 55.4 Å². The number of nitrogens with one attached hydrogen (secondary N) is 1. The summed E-state index contributed by atoms with van der Waals surface area (Å²) in [6, 6.07) is 0. The van der Waals surface area contributed by atoms with Gasteiger partial charge in [-0.3, -0.25) is 15.0 Å². The molecule has 0 amide bonds. The quantitative estimate of drug-likeness (QED) is 0.0327. The van der Waals surface area contributed by atoms with E-state index in [1.165, 1.54) is 89.9 Å². The van der Waals surface area contributed by atoms with Crippen LogP contribution in [-0.4, -0.2) is 75.3 Å². The Hall–Kier alpha value is -1.70. The molecule has 45 heavy (non-hydrogen) atoms. The molecule has 7 heteroatoms. The third-order valence-corrected chi connectivity index (χ3v) is 7.92. The van der Waals surface area contributed by atoms with Gasteiger partial charge in [-0.15, -0.1) is 0 Å². The highest BCUT2D eigenvalue weighted by Gasteiger charge is 2.06. The summed E-state index contributed by atoms with van der Waals surface area (Å²) in [5.74, 6) is -0.197. The predicted molar refractivity (Wildman–Crippen MR) is 191 cm³/mol. The first-order valence-corrected chi connectivity index (χ1v) is 18.7. The Kier molecular flexibility index (Phi) is 33.8. The third-order valence-electron chi connectivity index (χ3n) is 7.92. The van der Waals surface area contributed by atoms with Crippen LogP contribution >= 0.6 is 0 Å². The SMILES string of the molecule is CCCCC/C=C\CC(=O)OCCCCCCCCNN(CCCCCCCCOC(=O)C/C=C\CCCCC)CCN(C)C. The molecule has 0 radical (unpaired) electrons. The lowest BCUT2D eigenvalue weighted by molar-refractivity contribution is -0.143. The van der Waals surface area contributed by atoms with E-state index in [-0.39, 0.29) is 11.9 Å². The van der Waals surface area contributed by atoms with E-state index in [9.17, 15) is 9.59 Å². The van der Waals surface area contributed by atoms with Crippen molar-refractivity contribution >= 4 is 11.9 Å². The highest BCUT2D eigenvalue weighted by atomic mass is 16.5. The Bertz CT molecular complexity index is 711. The first-order valence-electron chi connectivity index (χ1n) is 18.7. The van der Waals surface area contributed by atoms with Crippen LogP contribution in [0.25, 0.3) is 0 Å². The molecule has 0 aromatic heterocycles. The zero-order valence-corrected chi connectivity index (χ0v) is 30.1. The first kappa shape index (κ1) is 43.3. The summed E-state index contributed by atoms with van der Waals surface area (Å²) >= 11 is 0. The molecule has 0 saturated heterocycles. The Morgan fingerprint density at radius 3 is 1.49 bits per heavy atom. The van der Waals surface area contributed by atoms with E-state index in [4.69, 9.17) is 9.47 Å². The summed E-state index contributed by atoms with van der Waals surface area (Å²) in [6.07, 6.45) is 32.4. The number of carbonyl (C=O) groups excluding carboxylic acids is 2. The molecule has 1 N–H and O–H groups in total. The summed E-state index contributed by atoms with van der Waals surface area (Å²) in [5.41, 5.74) is 3.68. The van der Waals surface area contributed by atoms with Crippen molar-refractivity contribution in [1.29, 1.82) is 0 Å². The molecule has 0 aliphatic rings. The van der Waals surface area contributed by atoms with Gasteiger partial charge < -0.3 is 14.4 Å². The smallest absolute Gasteiger partial charge is 0.309 e. The lowest BCUT2D eigenvalue weighted by Crippen LogP contribution is -2.43. The second kappa shape index (κ2) is 35.2. The number of ether oxygens (including phenoxy) is 2. The fraction of sp³-hybridized carbons (Fsp3) is 0.842. The average molecular weight is 636 g/mol. The van der Waals surface area contributed by atoms with Crippen LogP contribution in [0, 0.1) is 0 Å². The van der Waals surface area contributed by atoms with Crippen molar-refractivity contribution in [3.05, 3.63) is 24.3 Å². The molecule has 0 bridgehead atoms. The van der Waals surface area contributed by atoms with Gasteiger partial charge in [0.1, 0.15) is 0 Å². The maximum Gasteiger partial charge on any atom is 0.309 e. The standard InChI is InChI=1S/C38H73N3O4/c1-5-7-9-11-17-23-29-37(42)44-35-27-21-15-13-19-25-31-39-41(34-33-40(3)4)32-26-20-14-16-22-28-36-45-38(43)30-24-18-12-10-8-6-2/h17-18,23-24,39H,5-16,19-22,25-36H2,1-4H3/b23-17-,24-18-. The number of hydrogen-bond acceptors (Lipinski definition) is 7. The maximum atomic E-state index is 11.8. The molecule has 0 saturated carbocycles. The Balaban J connectivity index is 3.74. The number of allylic oxidation sites excluding steroid dienone is 2. The summed E-state index contributed by atoms with van der Waals surface area (Å²) in [5, 5.41) is 2.41. The lowest BCUT2D eigenvalue weighted by Gasteiger charge is -2.25. The van der Waals surface area contributed by atoms with Crippen molar-refractivity contribution in [2.45, 2.75) is 155 Å². The van der Waals surface area contributed by atoms with Crippen LogP contribution in [0.5, 0.6) is 0 Å². The van der Waals surface area contributed by atoms with Crippen LogP contribution in [0.2, 0.25) is 0 Å². The minimum Gasteiger partial charge on any atom is -0.465 e. The molecule has 7 nitrogen and oxygen atoms in total. The summed E-state index contributed by atoms with van der Waals surface area (Å²) < 4.78 is 10.7. The van der Waals surface area contributed by atoms with Crippen molar-refractivity contribution in [1.82, 2.24) is 15.3 Å². The molecular weight excluding hydrogens is 562 g/mol. The van der Waals surface area contributed by atoms with E-state index in [0.29, 0.717) is 26.1 Å². The first-order chi connectivity index (χ1) is 22.0. The van der Waals surface area contributed by atoms with E-state index < -0.39 is 0 Å². The highest BCUT2D eigenvalue weighted by molar-refractivity contribution is 5.71. The zero-order chi connectivity index (χ0) is 33.1. The van der Waals surface area contributed by atoms with Gasteiger partial charge in [-0.1, -0.05) is 115 Å². The molecule has 0 aromatic rings. The monoisotopic (exact) mass is 636 g/mol. The van der Waals surface area contributed by atoms with E-state index in [1.54, 1.807) is 0 Å². The van der Waals surface area contributed by atoms with Gasteiger partial charge in [0.15, 0.2) is 0 Å². The van der Waals surface area contributed by atoms with Gasteiger partial charge in [-0.05, 0) is 65.5 Å². The number of likely N-dealkylation sites (N-methyl/N-ethyl adjacent to an activating group) is 1. The van der Waals surface area contributed by atoms with Crippen LogP contribution in [0.15, 0.2) is 24.3 Å². The fourth-order valence-corrected chi connectivity index (χ4v) is 4.98.